The second kappa shape index (κ2) is 12.6. The fraction of sp³-hybridized carbons (Fsp3) is 0. The summed E-state index contributed by atoms with van der Waals surface area (Å²) in [5, 5.41) is 8.68. The average Bonchev–Trinajstić information content (AvgIpc) is 3.82. The first kappa shape index (κ1) is 31.2. The van der Waals surface area contributed by atoms with Crippen LogP contribution in [0.5, 0.6) is 0 Å². The van der Waals surface area contributed by atoms with E-state index in [2.05, 4.69) is 226 Å². The van der Waals surface area contributed by atoms with Gasteiger partial charge in [-0.05, 0) is 118 Å². The van der Waals surface area contributed by atoms with Crippen LogP contribution >= 0.6 is 0 Å². The summed E-state index contributed by atoms with van der Waals surface area (Å²) in [6.45, 7) is 0. The minimum absolute atomic E-state index is 1.11. The van der Waals surface area contributed by atoms with Crippen molar-refractivity contribution in [1.82, 2.24) is 9.13 Å². The molecule has 55 heavy (non-hydrogen) atoms. The van der Waals surface area contributed by atoms with Crippen LogP contribution in [0.3, 0.4) is 0 Å². The van der Waals surface area contributed by atoms with E-state index >= 15 is 0 Å². The van der Waals surface area contributed by atoms with E-state index in [4.69, 9.17) is 0 Å². The van der Waals surface area contributed by atoms with Crippen LogP contribution in [-0.4, -0.2) is 9.13 Å². The molecule has 2 aromatic heterocycles. The summed E-state index contributed by atoms with van der Waals surface area (Å²) in [6, 6.07) is 74.8. The first-order valence-corrected chi connectivity index (χ1v) is 18.8. The topological polar surface area (TPSA) is 13.1 Å². The Bertz CT molecular complexity index is 3110. The zero-order chi connectivity index (χ0) is 36.3. The molecule has 0 fully saturated rings. The second-order valence-corrected chi connectivity index (χ2v) is 14.3. The van der Waals surface area contributed by atoms with Gasteiger partial charge < -0.3 is 14.0 Å². The van der Waals surface area contributed by atoms with Crippen LogP contribution in [-0.2, 0) is 0 Å². The summed E-state index contributed by atoms with van der Waals surface area (Å²) in [5.41, 5.74) is 11.7. The molecule has 0 unspecified atom stereocenters. The molecule has 0 aliphatic rings. The van der Waals surface area contributed by atoms with Crippen molar-refractivity contribution in [3.63, 3.8) is 0 Å². The Morgan fingerprint density at radius 1 is 0.309 bits per heavy atom. The van der Waals surface area contributed by atoms with Crippen LogP contribution in [0.25, 0.3) is 76.8 Å². The van der Waals surface area contributed by atoms with Gasteiger partial charge >= 0.3 is 0 Å². The van der Waals surface area contributed by atoms with Crippen molar-refractivity contribution in [2.24, 2.45) is 0 Å². The molecule has 0 aliphatic carbocycles. The predicted octanol–water partition coefficient (Wildman–Crippen LogP) is 14.2. The number of fused-ring (bicyclic) bond motifs is 6. The number of aromatic nitrogens is 2. The van der Waals surface area contributed by atoms with Gasteiger partial charge in [0.1, 0.15) is 0 Å². The molecule has 11 rings (SSSR count). The molecular weight excluding hydrogens is 667 g/mol. The summed E-state index contributed by atoms with van der Waals surface area (Å²) in [7, 11) is 0. The average molecular weight is 702 g/mol. The summed E-state index contributed by atoms with van der Waals surface area (Å²) < 4.78 is 4.69. The third kappa shape index (κ3) is 5.28. The van der Waals surface area contributed by atoms with Crippen molar-refractivity contribution in [3.8, 4) is 22.5 Å². The lowest BCUT2D eigenvalue weighted by Gasteiger charge is -2.26. The number of hydrogen-bond acceptors (Lipinski definition) is 1. The molecule has 3 nitrogen and oxygen atoms in total. The van der Waals surface area contributed by atoms with E-state index in [9.17, 15) is 0 Å². The lowest BCUT2D eigenvalue weighted by Crippen LogP contribution is -2.09. The van der Waals surface area contributed by atoms with Gasteiger partial charge in [0.15, 0.2) is 0 Å². The molecule has 0 bridgehead atoms. The van der Waals surface area contributed by atoms with E-state index in [0.29, 0.717) is 0 Å². The second-order valence-electron chi connectivity index (χ2n) is 14.3. The normalized spacial score (nSPS) is 11.6. The van der Waals surface area contributed by atoms with Gasteiger partial charge in [0.25, 0.3) is 0 Å². The van der Waals surface area contributed by atoms with E-state index < -0.39 is 0 Å². The third-order valence-electron chi connectivity index (χ3n) is 11.1. The highest BCUT2D eigenvalue weighted by Crippen LogP contribution is 2.39. The highest BCUT2D eigenvalue weighted by Gasteiger charge is 2.16. The number of para-hydroxylation sites is 2. The summed E-state index contributed by atoms with van der Waals surface area (Å²) >= 11 is 0. The highest BCUT2D eigenvalue weighted by atomic mass is 15.1. The SMILES string of the molecule is c1ccc(-n2c3ccccc3c3cc4ccn(-c5ccc(-c6ccc(N(c7ccc8ccccc8c7)c7ccc8ccccc8c7)cc6)cc5)c4cc32)cc1. The van der Waals surface area contributed by atoms with Crippen LogP contribution < -0.4 is 4.90 Å². The Labute approximate surface area is 319 Å². The van der Waals surface area contributed by atoms with Crippen molar-refractivity contribution in [2.45, 2.75) is 0 Å². The van der Waals surface area contributed by atoms with Gasteiger partial charge in [0.05, 0.1) is 16.6 Å². The minimum atomic E-state index is 1.11. The van der Waals surface area contributed by atoms with E-state index in [0.717, 1.165) is 22.7 Å². The van der Waals surface area contributed by atoms with Gasteiger partial charge in [-0.3, -0.25) is 0 Å². The van der Waals surface area contributed by atoms with Crippen molar-refractivity contribution >= 4 is 71.3 Å². The van der Waals surface area contributed by atoms with E-state index in [1.807, 2.05) is 0 Å². The van der Waals surface area contributed by atoms with Gasteiger partial charge in [-0.15, -0.1) is 0 Å². The number of hydrogen-bond donors (Lipinski definition) is 0. The Morgan fingerprint density at radius 3 is 1.55 bits per heavy atom. The standard InChI is InChI=1S/C52H35N3/c1-2-14-44(15-3-1)55-50-17-9-8-16-48(50)49-34-42-30-31-53(51(42)35-52(49)55)43-24-18-38(19-25-43)39-20-26-45(27-21-39)54(46-28-22-36-10-4-6-12-40(36)32-46)47-29-23-37-11-5-7-13-41(37)33-47/h1-35H. The summed E-state index contributed by atoms with van der Waals surface area (Å²) in [5.74, 6) is 0. The molecule has 0 spiro atoms. The molecule has 0 N–H and O–H groups in total. The molecule has 2 heterocycles. The lowest BCUT2D eigenvalue weighted by molar-refractivity contribution is 1.13. The molecule has 258 valence electrons. The Hall–Kier alpha value is -7.36. The van der Waals surface area contributed by atoms with E-state index in [1.165, 1.54) is 71.1 Å². The smallest absolute Gasteiger partial charge is 0.0562 e. The largest absolute Gasteiger partial charge is 0.316 e. The Morgan fingerprint density at radius 2 is 0.873 bits per heavy atom. The quantitative estimate of drug-likeness (QED) is 0.168. The van der Waals surface area contributed by atoms with Gasteiger partial charge in [0, 0.05) is 50.8 Å². The summed E-state index contributed by atoms with van der Waals surface area (Å²) in [4.78, 5) is 2.36. The molecular formula is C52H35N3. The van der Waals surface area contributed by atoms with Crippen molar-refractivity contribution in [3.05, 3.63) is 212 Å². The molecule has 0 radical (unpaired) electrons. The van der Waals surface area contributed by atoms with E-state index in [1.54, 1.807) is 0 Å². The van der Waals surface area contributed by atoms with Crippen LogP contribution in [0.1, 0.15) is 0 Å². The number of benzene rings is 9. The van der Waals surface area contributed by atoms with Crippen LogP contribution in [0.2, 0.25) is 0 Å². The first-order valence-electron chi connectivity index (χ1n) is 18.8. The number of anilines is 3. The van der Waals surface area contributed by atoms with Crippen molar-refractivity contribution in [1.29, 1.82) is 0 Å². The Balaban J connectivity index is 0.953. The molecule has 0 aliphatic heterocycles. The van der Waals surface area contributed by atoms with Crippen molar-refractivity contribution < 1.29 is 0 Å². The zero-order valence-electron chi connectivity index (χ0n) is 30.0. The molecule has 0 amide bonds. The fourth-order valence-corrected chi connectivity index (χ4v) is 8.37. The summed E-state index contributed by atoms with van der Waals surface area (Å²) in [6.07, 6.45) is 2.19. The molecule has 3 heteroatoms. The molecule has 0 atom stereocenters. The number of nitrogens with zero attached hydrogens (tertiary/aromatic N) is 3. The van der Waals surface area contributed by atoms with Gasteiger partial charge in [-0.2, -0.15) is 0 Å². The van der Waals surface area contributed by atoms with Crippen molar-refractivity contribution in [2.75, 3.05) is 4.90 Å². The maximum absolute atomic E-state index is 2.38. The highest BCUT2D eigenvalue weighted by molar-refractivity contribution is 6.13. The van der Waals surface area contributed by atoms with Gasteiger partial charge in [-0.25, -0.2) is 0 Å². The maximum atomic E-state index is 2.38. The van der Waals surface area contributed by atoms with E-state index in [-0.39, 0.29) is 0 Å². The monoisotopic (exact) mass is 701 g/mol. The third-order valence-corrected chi connectivity index (χ3v) is 11.1. The maximum Gasteiger partial charge on any atom is 0.0562 e. The van der Waals surface area contributed by atoms with Gasteiger partial charge in [-0.1, -0.05) is 121 Å². The molecule has 11 aromatic rings. The minimum Gasteiger partial charge on any atom is -0.316 e. The van der Waals surface area contributed by atoms with Crippen LogP contribution in [0.15, 0.2) is 212 Å². The predicted molar refractivity (Wildman–Crippen MR) is 233 cm³/mol. The van der Waals surface area contributed by atoms with Gasteiger partial charge in [0.2, 0.25) is 0 Å². The zero-order valence-corrected chi connectivity index (χ0v) is 30.0. The molecule has 0 saturated heterocycles. The molecule has 9 aromatic carbocycles. The Kier molecular flexibility index (Phi) is 7.17. The van der Waals surface area contributed by atoms with Crippen LogP contribution in [0.4, 0.5) is 17.1 Å². The molecule has 0 saturated carbocycles. The first-order chi connectivity index (χ1) is 27.2. The lowest BCUT2D eigenvalue weighted by atomic mass is 10.0. The van der Waals surface area contributed by atoms with Crippen LogP contribution in [0, 0.1) is 0 Å². The number of rotatable bonds is 6. The fourth-order valence-electron chi connectivity index (χ4n) is 8.37.